The highest BCUT2D eigenvalue weighted by Crippen LogP contribution is 2.01. The van der Waals surface area contributed by atoms with Crippen molar-refractivity contribution in [3.63, 3.8) is 0 Å². The first-order chi connectivity index (χ1) is 9.49. The molecule has 2 N–H and O–H groups in total. The molecule has 0 bridgehead atoms. The highest BCUT2D eigenvalue weighted by Gasteiger charge is 2.14. The van der Waals surface area contributed by atoms with Gasteiger partial charge in [-0.3, -0.25) is 14.2 Å². The molecular formula is C14H14N2O4. The van der Waals surface area contributed by atoms with E-state index >= 15 is 0 Å². The molecule has 0 aliphatic rings. The Kier molecular flexibility index (Phi) is 3.84. The van der Waals surface area contributed by atoms with Crippen LogP contribution in [0.5, 0.6) is 0 Å². The summed E-state index contributed by atoms with van der Waals surface area (Å²) < 4.78 is 1.01. The summed E-state index contributed by atoms with van der Waals surface area (Å²) in [4.78, 5) is 37.4. The molecule has 0 atom stereocenters. The van der Waals surface area contributed by atoms with Crippen molar-refractivity contribution in [3.05, 3.63) is 68.0 Å². The molecule has 2 aromatic rings. The number of carboxylic acids is 1. The van der Waals surface area contributed by atoms with E-state index in [0.717, 1.165) is 10.1 Å². The smallest absolute Gasteiger partial charge is 0.328 e. The van der Waals surface area contributed by atoms with Gasteiger partial charge in [-0.2, -0.15) is 0 Å². The van der Waals surface area contributed by atoms with Crippen molar-refractivity contribution in [1.29, 1.82) is 0 Å². The average molecular weight is 274 g/mol. The SMILES string of the molecule is Cc1[nH]c(=O)n(Cc2ccccc2)c(=O)c1CC(=O)O. The van der Waals surface area contributed by atoms with Gasteiger partial charge in [0.2, 0.25) is 0 Å². The predicted molar refractivity (Wildman–Crippen MR) is 72.9 cm³/mol. The van der Waals surface area contributed by atoms with Crippen molar-refractivity contribution in [2.75, 3.05) is 0 Å². The molecule has 1 aromatic carbocycles. The molecule has 0 fully saturated rings. The Labute approximate surface area is 114 Å². The van der Waals surface area contributed by atoms with E-state index in [1.54, 1.807) is 24.3 Å². The fraction of sp³-hybridized carbons (Fsp3) is 0.214. The van der Waals surface area contributed by atoms with E-state index in [2.05, 4.69) is 4.98 Å². The van der Waals surface area contributed by atoms with E-state index in [9.17, 15) is 14.4 Å². The molecule has 0 spiro atoms. The molecule has 104 valence electrons. The molecular weight excluding hydrogens is 260 g/mol. The number of hydrogen-bond acceptors (Lipinski definition) is 3. The van der Waals surface area contributed by atoms with Crippen LogP contribution < -0.4 is 11.2 Å². The molecule has 2 rings (SSSR count). The van der Waals surface area contributed by atoms with Crippen LogP contribution in [0.4, 0.5) is 0 Å². The molecule has 0 unspecified atom stereocenters. The minimum atomic E-state index is -1.11. The van der Waals surface area contributed by atoms with Crippen molar-refractivity contribution >= 4 is 5.97 Å². The molecule has 6 heteroatoms. The molecule has 0 amide bonds. The Bertz CT molecular complexity index is 744. The normalized spacial score (nSPS) is 10.4. The van der Waals surface area contributed by atoms with Crippen LogP contribution in [0.1, 0.15) is 16.8 Å². The van der Waals surface area contributed by atoms with Gasteiger partial charge in [0.05, 0.1) is 13.0 Å². The summed E-state index contributed by atoms with van der Waals surface area (Å²) in [7, 11) is 0. The Morgan fingerprint density at radius 1 is 1.25 bits per heavy atom. The average Bonchev–Trinajstić information content (AvgIpc) is 2.40. The lowest BCUT2D eigenvalue weighted by Gasteiger charge is -2.09. The summed E-state index contributed by atoms with van der Waals surface area (Å²) in [5.74, 6) is -1.11. The number of aryl methyl sites for hydroxylation is 1. The summed E-state index contributed by atoms with van der Waals surface area (Å²) >= 11 is 0. The van der Waals surface area contributed by atoms with Crippen molar-refractivity contribution in [3.8, 4) is 0 Å². The van der Waals surface area contributed by atoms with E-state index < -0.39 is 23.6 Å². The maximum absolute atomic E-state index is 12.2. The van der Waals surface area contributed by atoms with Crippen molar-refractivity contribution in [2.45, 2.75) is 19.9 Å². The largest absolute Gasteiger partial charge is 0.481 e. The van der Waals surface area contributed by atoms with Gasteiger partial charge < -0.3 is 10.1 Å². The molecule has 0 saturated heterocycles. The fourth-order valence-electron chi connectivity index (χ4n) is 1.99. The van der Waals surface area contributed by atoms with Gasteiger partial charge in [-0.15, -0.1) is 0 Å². The summed E-state index contributed by atoms with van der Waals surface area (Å²) in [6, 6.07) is 9.04. The first-order valence-corrected chi connectivity index (χ1v) is 6.07. The third-order valence-corrected chi connectivity index (χ3v) is 3.01. The summed E-state index contributed by atoms with van der Waals surface area (Å²) in [5.41, 5.74) is 0.105. The van der Waals surface area contributed by atoms with Gasteiger partial charge in [0.1, 0.15) is 0 Å². The van der Waals surface area contributed by atoms with Gasteiger partial charge in [-0.05, 0) is 12.5 Å². The number of aromatic amines is 1. The second-order valence-electron chi connectivity index (χ2n) is 4.48. The van der Waals surface area contributed by atoms with Gasteiger partial charge in [0.15, 0.2) is 0 Å². The lowest BCUT2D eigenvalue weighted by Crippen LogP contribution is -2.39. The number of carboxylic acid groups (broad SMARTS) is 1. The summed E-state index contributed by atoms with van der Waals surface area (Å²) in [6.45, 7) is 1.63. The number of rotatable bonds is 4. The van der Waals surface area contributed by atoms with E-state index in [0.29, 0.717) is 5.69 Å². The zero-order valence-corrected chi connectivity index (χ0v) is 10.9. The minimum absolute atomic E-state index is 0.105. The molecule has 6 nitrogen and oxygen atoms in total. The van der Waals surface area contributed by atoms with E-state index in [-0.39, 0.29) is 12.1 Å². The van der Waals surface area contributed by atoms with Crippen LogP contribution in [0.25, 0.3) is 0 Å². The van der Waals surface area contributed by atoms with Crippen LogP contribution in [0.15, 0.2) is 39.9 Å². The molecule has 0 aliphatic heterocycles. The number of aromatic nitrogens is 2. The second kappa shape index (κ2) is 5.56. The van der Waals surface area contributed by atoms with Gasteiger partial charge in [0.25, 0.3) is 5.56 Å². The minimum Gasteiger partial charge on any atom is -0.481 e. The Hall–Kier alpha value is -2.63. The Morgan fingerprint density at radius 2 is 1.90 bits per heavy atom. The quantitative estimate of drug-likeness (QED) is 0.850. The predicted octanol–water partition coefficient (Wildman–Crippen LogP) is 0.520. The van der Waals surface area contributed by atoms with E-state index in [1.807, 2.05) is 6.07 Å². The van der Waals surface area contributed by atoms with Gasteiger partial charge >= 0.3 is 11.7 Å². The molecule has 0 saturated carbocycles. The van der Waals surface area contributed by atoms with Gasteiger partial charge in [-0.25, -0.2) is 4.79 Å². The van der Waals surface area contributed by atoms with Crippen molar-refractivity contribution < 1.29 is 9.90 Å². The van der Waals surface area contributed by atoms with Crippen LogP contribution in [0, 0.1) is 6.92 Å². The van der Waals surface area contributed by atoms with Crippen molar-refractivity contribution in [1.82, 2.24) is 9.55 Å². The number of H-pyrrole nitrogens is 1. The van der Waals surface area contributed by atoms with Crippen LogP contribution in [-0.2, 0) is 17.8 Å². The third-order valence-electron chi connectivity index (χ3n) is 3.01. The van der Waals surface area contributed by atoms with Crippen LogP contribution in [0.3, 0.4) is 0 Å². The topological polar surface area (TPSA) is 92.2 Å². The number of hydrogen-bond donors (Lipinski definition) is 2. The van der Waals surface area contributed by atoms with Gasteiger partial charge in [0, 0.05) is 11.3 Å². The zero-order chi connectivity index (χ0) is 14.7. The molecule has 0 radical (unpaired) electrons. The van der Waals surface area contributed by atoms with Crippen LogP contribution >= 0.6 is 0 Å². The van der Waals surface area contributed by atoms with Crippen molar-refractivity contribution in [2.24, 2.45) is 0 Å². The molecule has 1 heterocycles. The van der Waals surface area contributed by atoms with E-state index in [4.69, 9.17) is 5.11 Å². The maximum atomic E-state index is 12.2. The Balaban J connectivity index is 2.51. The molecule has 20 heavy (non-hydrogen) atoms. The summed E-state index contributed by atoms with van der Waals surface area (Å²) in [6.07, 6.45) is -0.407. The number of benzene rings is 1. The highest BCUT2D eigenvalue weighted by atomic mass is 16.4. The van der Waals surface area contributed by atoms with Crippen LogP contribution in [0.2, 0.25) is 0 Å². The first kappa shape index (κ1) is 13.8. The van der Waals surface area contributed by atoms with E-state index in [1.165, 1.54) is 6.92 Å². The third kappa shape index (κ3) is 2.85. The number of nitrogens with zero attached hydrogens (tertiary/aromatic N) is 1. The summed E-state index contributed by atoms with van der Waals surface area (Å²) in [5, 5.41) is 8.83. The number of carbonyl (C=O) groups is 1. The first-order valence-electron chi connectivity index (χ1n) is 6.07. The lowest BCUT2D eigenvalue weighted by molar-refractivity contribution is -0.136. The maximum Gasteiger partial charge on any atom is 0.328 e. The lowest BCUT2D eigenvalue weighted by atomic mass is 10.1. The molecule has 0 aliphatic carbocycles. The Morgan fingerprint density at radius 3 is 2.50 bits per heavy atom. The fourth-order valence-corrected chi connectivity index (χ4v) is 1.99. The van der Waals surface area contributed by atoms with Crippen LogP contribution in [-0.4, -0.2) is 20.6 Å². The number of nitrogens with one attached hydrogen (secondary N) is 1. The number of aliphatic carboxylic acids is 1. The standard InChI is InChI=1S/C14H14N2O4/c1-9-11(7-12(17)18)13(19)16(14(20)15-9)8-10-5-3-2-4-6-10/h2-6H,7-8H2,1H3,(H,15,20)(H,17,18). The highest BCUT2D eigenvalue weighted by molar-refractivity contribution is 5.70. The van der Waals surface area contributed by atoms with Gasteiger partial charge in [-0.1, -0.05) is 30.3 Å². The molecule has 1 aromatic heterocycles. The monoisotopic (exact) mass is 274 g/mol. The second-order valence-corrected chi connectivity index (χ2v) is 4.48. The zero-order valence-electron chi connectivity index (χ0n) is 10.9.